The summed E-state index contributed by atoms with van der Waals surface area (Å²) in [6.45, 7) is 0. The van der Waals surface area contributed by atoms with E-state index >= 15 is 0 Å². The topological polar surface area (TPSA) is 105 Å². The summed E-state index contributed by atoms with van der Waals surface area (Å²) in [6, 6.07) is -0.645. The molecule has 0 heterocycles. The van der Waals surface area contributed by atoms with Crippen molar-refractivity contribution < 1.29 is 38.1 Å². The number of rotatable bonds is 5. The Kier molecular flexibility index (Phi) is 8.73. The first kappa shape index (κ1) is 14.2. The van der Waals surface area contributed by atoms with Gasteiger partial charge < -0.3 is 33.3 Å². The summed E-state index contributed by atoms with van der Waals surface area (Å²) in [7, 11) is -1.34. The first-order chi connectivity index (χ1) is 5.04. The van der Waals surface area contributed by atoms with Gasteiger partial charge in [0.2, 0.25) is 0 Å². The van der Waals surface area contributed by atoms with E-state index in [1.807, 2.05) is 0 Å². The number of halogens is 1. The summed E-state index contributed by atoms with van der Waals surface area (Å²) in [5.41, 5.74) is 3.37. The van der Waals surface area contributed by atoms with E-state index in [-0.39, 0.29) is 18.7 Å². The molecule has 0 unspecified atom stereocenters. The quantitative estimate of drug-likeness (QED) is 0.331. The standard InChI is InChI=1S/C5H12BNO4.ClH/c7-4(5(8)9)2-1-3-6(10)11;/h4,10-11H,1-3,7H2,(H,8,9);1H/t4-;/m0./s1. The molecule has 0 radical (unpaired) electrons. The predicted octanol–water partition coefficient (Wildman–Crippen LogP) is -5.06. The van der Waals surface area contributed by atoms with E-state index in [4.69, 9.17) is 15.2 Å². The molecule has 0 saturated heterocycles. The maximum absolute atomic E-state index is 10.2. The number of carbonyl (C=O) groups is 1. The molecule has 5 nitrogen and oxygen atoms in total. The van der Waals surface area contributed by atoms with Crippen LogP contribution in [0.5, 0.6) is 0 Å². The highest BCUT2D eigenvalue weighted by atomic mass is 35.5. The first-order valence-electron chi connectivity index (χ1n) is 3.46. The molecule has 0 saturated carbocycles. The zero-order valence-corrected chi connectivity index (χ0v) is 7.37. The summed E-state index contributed by atoms with van der Waals surface area (Å²) in [6.07, 6.45) is 1.06. The van der Waals surface area contributed by atoms with Gasteiger partial charge in [0.15, 0.2) is 6.04 Å². The summed E-state index contributed by atoms with van der Waals surface area (Å²) >= 11 is 0. The summed E-state index contributed by atoms with van der Waals surface area (Å²) in [5.74, 6) is -0.947. The molecule has 1 atom stereocenters. The van der Waals surface area contributed by atoms with Crippen molar-refractivity contribution in [3.05, 3.63) is 0 Å². The second kappa shape index (κ2) is 7.36. The van der Waals surface area contributed by atoms with Crippen molar-refractivity contribution >= 4 is 13.1 Å². The van der Waals surface area contributed by atoms with Gasteiger partial charge in [-0.2, -0.15) is 0 Å². The van der Waals surface area contributed by atoms with Crippen LogP contribution in [0.3, 0.4) is 0 Å². The lowest BCUT2D eigenvalue weighted by Gasteiger charge is -2.01. The van der Waals surface area contributed by atoms with Crippen LogP contribution >= 0.6 is 0 Å². The average molecular weight is 197 g/mol. The van der Waals surface area contributed by atoms with Gasteiger partial charge in [0.25, 0.3) is 0 Å². The molecule has 6 N–H and O–H groups in total. The van der Waals surface area contributed by atoms with E-state index < -0.39 is 19.1 Å². The number of hydrogen-bond donors (Lipinski definition) is 4. The van der Waals surface area contributed by atoms with Crippen LogP contribution in [0.2, 0.25) is 6.32 Å². The third-order valence-electron chi connectivity index (χ3n) is 1.36. The molecule has 0 amide bonds. The maximum atomic E-state index is 10.2. The van der Waals surface area contributed by atoms with Gasteiger partial charge in [-0.05, 0) is 12.7 Å². The van der Waals surface area contributed by atoms with Gasteiger partial charge in [0.05, 0.1) is 0 Å². The maximum Gasteiger partial charge on any atom is 0.451 e. The molecule has 12 heavy (non-hydrogen) atoms. The lowest BCUT2D eigenvalue weighted by molar-refractivity contribution is -0.408. The Labute approximate surface area is 77.1 Å². The second-order valence-electron chi connectivity index (χ2n) is 2.45. The van der Waals surface area contributed by atoms with E-state index in [0.717, 1.165) is 0 Å². The third kappa shape index (κ3) is 7.81. The summed E-state index contributed by atoms with van der Waals surface area (Å²) in [5, 5.41) is 25.1. The molecule has 0 aromatic rings. The molecule has 0 bridgehead atoms. The van der Waals surface area contributed by atoms with Crippen LogP contribution in [0.15, 0.2) is 0 Å². The molecule has 0 aromatic carbocycles. The van der Waals surface area contributed by atoms with Crippen LogP contribution in [-0.2, 0) is 4.79 Å². The third-order valence-corrected chi connectivity index (χ3v) is 1.36. The molecule has 0 aliphatic carbocycles. The summed E-state index contributed by atoms with van der Waals surface area (Å²) < 4.78 is 0. The number of hydrogen-bond acceptors (Lipinski definition) is 3. The van der Waals surface area contributed by atoms with Crippen LogP contribution in [0, 0.1) is 0 Å². The molecule has 0 spiro atoms. The van der Waals surface area contributed by atoms with Gasteiger partial charge in [-0.1, -0.05) is 0 Å². The van der Waals surface area contributed by atoms with E-state index in [0.29, 0.717) is 12.8 Å². The molecule has 72 valence electrons. The highest BCUT2D eigenvalue weighted by Crippen LogP contribution is 1.99. The Morgan fingerprint density at radius 1 is 1.50 bits per heavy atom. The van der Waals surface area contributed by atoms with E-state index in [1.165, 1.54) is 0 Å². The van der Waals surface area contributed by atoms with Crippen LogP contribution in [0.1, 0.15) is 12.8 Å². The lowest BCUT2D eigenvalue weighted by Crippen LogP contribution is -3.00. The normalized spacial score (nSPS) is 11.6. The Balaban J connectivity index is 0. The highest BCUT2D eigenvalue weighted by molar-refractivity contribution is 6.40. The fraction of sp³-hybridized carbons (Fsp3) is 0.800. The van der Waals surface area contributed by atoms with Gasteiger partial charge in [-0.3, -0.25) is 0 Å². The van der Waals surface area contributed by atoms with Gasteiger partial charge in [-0.25, -0.2) is 4.79 Å². The fourth-order valence-corrected chi connectivity index (χ4v) is 0.670. The largest absolute Gasteiger partial charge is 1.00 e. The van der Waals surface area contributed by atoms with Crippen molar-refractivity contribution in [2.75, 3.05) is 0 Å². The van der Waals surface area contributed by atoms with Crippen LogP contribution in [0.4, 0.5) is 0 Å². The first-order valence-corrected chi connectivity index (χ1v) is 3.46. The number of carboxylic acids is 1. The SMILES string of the molecule is [Cl-].[NH3+][C@@H](CCCB(O)O)C(=O)O. The lowest BCUT2D eigenvalue weighted by atomic mass is 9.83. The molecule has 0 fully saturated rings. The minimum atomic E-state index is -1.34. The van der Waals surface area contributed by atoms with E-state index in [2.05, 4.69) is 5.73 Å². The van der Waals surface area contributed by atoms with Crippen molar-refractivity contribution in [1.82, 2.24) is 0 Å². The molecule has 0 aliphatic heterocycles. The molecular formula is C5H13BClNO4. The monoisotopic (exact) mass is 197 g/mol. The molecule has 0 rings (SSSR count). The highest BCUT2D eigenvalue weighted by Gasteiger charge is 2.16. The van der Waals surface area contributed by atoms with Crippen molar-refractivity contribution in [2.24, 2.45) is 0 Å². The Morgan fingerprint density at radius 3 is 2.33 bits per heavy atom. The van der Waals surface area contributed by atoms with E-state index in [9.17, 15) is 4.79 Å². The summed E-state index contributed by atoms with van der Waals surface area (Å²) in [4.78, 5) is 10.2. The average Bonchev–Trinajstić information content (AvgIpc) is 1.86. The molecule has 0 aromatic heterocycles. The van der Waals surface area contributed by atoms with Gasteiger partial charge in [0, 0.05) is 6.42 Å². The van der Waals surface area contributed by atoms with Crippen molar-refractivity contribution in [3.8, 4) is 0 Å². The minimum Gasteiger partial charge on any atom is -1.00 e. The second-order valence-corrected chi connectivity index (χ2v) is 2.45. The van der Waals surface area contributed by atoms with Crippen molar-refractivity contribution in [2.45, 2.75) is 25.2 Å². The fourth-order valence-electron chi connectivity index (χ4n) is 0.670. The van der Waals surface area contributed by atoms with Crippen LogP contribution in [-0.4, -0.2) is 34.3 Å². The smallest absolute Gasteiger partial charge is 0.451 e. The molecule has 0 aliphatic rings. The number of quaternary nitrogens is 1. The minimum absolute atomic E-state index is 0. The van der Waals surface area contributed by atoms with Crippen LogP contribution in [0.25, 0.3) is 0 Å². The van der Waals surface area contributed by atoms with Gasteiger partial charge in [-0.15, -0.1) is 0 Å². The van der Waals surface area contributed by atoms with Gasteiger partial charge >= 0.3 is 13.1 Å². The Hall–Kier alpha value is -0.295. The number of aliphatic carboxylic acids is 1. The van der Waals surface area contributed by atoms with Crippen LogP contribution < -0.4 is 18.1 Å². The number of carboxylic acid groups (broad SMARTS) is 1. The van der Waals surface area contributed by atoms with Gasteiger partial charge in [0.1, 0.15) is 0 Å². The van der Waals surface area contributed by atoms with Crippen molar-refractivity contribution in [3.63, 3.8) is 0 Å². The Morgan fingerprint density at radius 2 is 2.00 bits per heavy atom. The molecular weight excluding hydrogens is 184 g/mol. The van der Waals surface area contributed by atoms with Crippen molar-refractivity contribution in [1.29, 1.82) is 0 Å². The Bertz CT molecular complexity index is 135. The molecule has 7 heteroatoms. The zero-order chi connectivity index (χ0) is 8.85. The van der Waals surface area contributed by atoms with E-state index in [1.54, 1.807) is 0 Å². The predicted molar refractivity (Wildman–Crippen MR) is 38.5 cm³/mol. The zero-order valence-electron chi connectivity index (χ0n) is 6.61.